The Hall–Kier alpha value is -1.99. The average molecular weight is 324 g/mol. The lowest BCUT2D eigenvalue weighted by Crippen LogP contribution is -2.58. The number of rotatable bonds is 6. The number of carbonyl (C=O) groups excluding carboxylic acids is 2. The molecule has 1 aliphatic heterocycles. The molecule has 2 rings (SSSR count). The Morgan fingerprint density at radius 3 is 2.91 bits per heavy atom. The van der Waals surface area contributed by atoms with E-state index in [-0.39, 0.29) is 25.5 Å². The van der Waals surface area contributed by atoms with Crippen molar-refractivity contribution in [1.82, 2.24) is 10.2 Å². The number of aliphatic hydroxyl groups is 1. The van der Waals surface area contributed by atoms with Crippen LogP contribution in [0.4, 0.5) is 4.39 Å². The average Bonchev–Trinajstić information content (AvgIpc) is 2.54. The van der Waals surface area contributed by atoms with Crippen molar-refractivity contribution in [3.05, 3.63) is 35.6 Å². The molecule has 1 fully saturated rings. The largest absolute Gasteiger partial charge is 0.468 e. The Morgan fingerprint density at radius 1 is 1.48 bits per heavy atom. The van der Waals surface area contributed by atoms with Crippen LogP contribution in [0.25, 0.3) is 0 Å². The molecule has 7 heteroatoms. The number of hydrogen-bond donors (Lipinski definition) is 2. The summed E-state index contributed by atoms with van der Waals surface area (Å²) in [5.41, 5.74) is -1.18. The maximum atomic E-state index is 13.7. The molecule has 6 nitrogen and oxygen atoms in total. The van der Waals surface area contributed by atoms with Gasteiger partial charge in [-0.3, -0.25) is 9.59 Å². The van der Waals surface area contributed by atoms with Crippen LogP contribution in [-0.2, 0) is 20.9 Å². The summed E-state index contributed by atoms with van der Waals surface area (Å²) >= 11 is 0. The smallest absolute Gasteiger partial charge is 0.319 e. The van der Waals surface area contributed by atoms with Crippen molar-refractivity contribution < 1.29 is 23.8 Å². The van der Waals surface area contributed by atoms with Gasteiger partial charge in [-0.25, -0.2) is 4.39 Å². The number of methoxy groups -OCH3 is 1. The highest BCUT2D eigenvalue weighted by atomic mass is 19.1. The molecule has 0 radical (unpaired) electrons. The zero-order chi connectivity index (χ0) is 16.9. The second kappa shape index (κ2) is 7.52. The lowest BCUT2D eigenvalue weighted by atomic mass is 9.91. The molecule has 0 bridgehead atoms. The van der Waals surface area contributed by atoms with Crippen LogP contribution >= 0.6 is 0 Å². The fraction of sp³-hybridized carbons (Fsp3) is 0.500. The first-order chi connectivity index (χ1) is 11.0. The van der Waals surface area contributed by atoms with Crippen LogP contribution in [0, 0.1) is 5.82 Å². The van der Waals surface area contributed by atoms with Crippen LogP contribution < -0.4 is 5.32 Å². The maximum absolute atomic E-state index is 13.7. The Labute approximate surface area is 134 Å². The number of esters is 1. The Morgan fingerprint density at radius 2 is 2.22 bits per heavy atom. The third kappa shape index (κ3) is 4.27. The first-order valence-electron chi connectivity index (χ1n) is 7.49. The number of benzene rings is 1. The molecule has 0 aliphatic carbocycles. The van der Waals surface area contributed by atoms with E-state index in [0.29, 0.717) is 24.9 Å². The summed E-state index contributed by atoms with van der Waals surface area (Å²) in [5, 5.41) is 13.3. The Bertz CT molecular complexity index is 581. The number of ether oxygens (including phenoxy) is 1. The van der Waals surface area contributed by atoms with Crippen LogP contribution in [-0.4, -0.2) is 54.2 Å². The molecule has 0 unspecified atom stereocenters. The first kappa shape index (κ1) is 17.4. The quantitative estimate of drug-likeness (QED) is 0.743. The van der Waals surface area contributed by atoms with Crippen LogP contribution in [0.1, 0.15) is 18.4 Å². The first-order valence-corrected chi connectivity index (χ1v) is 7.49. The molecule has 0 saturated carbocycles. The van der Waals surface area contributed by atoms with Crippen molar-refractivity contribution in [2.75, 3.05) is 26.7 Å². The number of piperidine rings is 1. The van der Waals surface area contributed by atoms with Crippen molar-refractivity contribution in [3.63, 3.8) is 0 Å². The molecule has 0 aromatic heterocycles. The van der Waals surface area contributed by atoms with Crippen LogP contribution in [0.3, 0.4) is 0 Å². The molecule has 1 amide bonds. The highest BCUT2D eigenvalue weighted by Gasteiger charge is 2.42. The van der Waals surface area contributed by atoms with Gasteiger partial charge in [0.1, 0.15) is 5.82 Å². The molecule has 2 N–H and O–H groups in total. The number of nitrogens with zero attached hydrogens (tertiary/aromatic N) is 1. The summed E-state index contributed by atoms with van der Waals surface area (Å²) < 4.78 is 18.2. The van der Waals surface area contributed by atoms with E-state index in [0.717, 1.165) is 0 Å². The molecule has 1 aromatic carbocycles. The minimum absolute atomic E-state index is 0.0469. The van der Waals surface area contributed by atoms with Crippen molar-refractivity contribution in [2.45, 2.75) is 25.0 Å². The summed E-state index contributed by atoms with van der Waals surface area (Å²) in [4.78, 5) is 25.0. The third-order valence-corrected chi connectivity index (χ3v) is 3.94. The standard InChI is InChI=1S/C16H21FN2O4/c1-23-14(20)9-18-11-16(22)7-4-8-19(15(16)21)10-12-5-2-3-6-13(12)17/h2-3,5-6,18,22H,4,7-11H2,1H3/t16-/m1/s1. The van der Waals surface area contributed by atoms with Gasteiger partial charge in [-0.1, -0.05) is 18.2 Å². The van der Waals surface area contributed by atoms with Gasteiger partial charge in [0.05, 0.1) is 13.7 Å². The minimum Gasteiger partial charge on any atom is -0.468 e. The molecular formula is C16H21FN2O4. The number of halogens is 1. The van der Waals surface area contributed by atoms with Crippen LogP contribution in [0.5, 0.6) is 0 Å². The number of likely N-dealkylation sites (tertiary alicyclic amines) is 1. The summed E-state index contributed by atoms with van der Waals surface area (Å²) in [6, 6.07) is 6.25. The van der Waals surface area contributed by atoms with Gasteiger partial charge in [-0.15, -0.1) is 0 Å². The van der Waals surface area contributed by atoms with Gasteiger partial charge in [0, 0.05) is 25.2 Å². The van der Waals surface area contributed by atoms with Crippen molar-refractivity contribution in [1.29, 1.82) is 0 Å². The van der Waals surface area contributed by atoms with Crippen molar-refractivity contribution in [2.24, 2.45) is 0 Å². The number of carbonyl (C=O) groups is 2. The second-order valence-electron chi connectivity index (χ2n) is 5.63. The number of hydrogen-bond acceptors (Lipinski definition) is 5. The van der Waals surface area contributed by atoms with E-state index < -0.39 is 17.5 Å². The number of amides is 1. The fourth-order valence-corrected chi connectivity index (χ4v) is 2.66. The SMILES string of the molecule is COC(=O)CNC[C@]1(O)CCCN(Cc2ccccc2F)C1=O. The predicted octanol–water partition coefficient (Wildman–Crippen LogP) is 0.442. The van der Waals surface area contributed by atoms with Crippen LogP contribution in [0.2, 0.25) is 0 Å². The van der Waals surface area contributed by atoms with Gasteiger partial charge in [-0.2, -0.15) is 0 Å². The summed E-state index contributed by atoms with van der Waals surface area (Å²) in [6.07, 6.45) is 0.907. The van der Waals surface area contributed by atoms with Crippen LogP contribution in [0.15, 0.2) is 24.3 Å². The van der Waals surface area contributed by atoms with E-state index in [1.807, 2.05) is 0 Å². The molecule has 1 aliphatic rings. The van der Waals surface area contributed by atoms with E-state index in [1.165, 1.54) is 18.1 Å². The summed E-state index contributed by atoms with van der Waals surface area (Å²) in [7, 11) is 1.26. The zero-order valence-corrected chi connectivity index (χ0v) is 13.0. The molecule has 1 atom stereocenters. The lowest BCUT2D eigenvalue weighted by molar-refractivity contribution is -0.157. The van der Waals surface area contributed by atoms with E-state index in [4.69, 9.17) is 0 Å². The third-order valence-electron chi connectivity index (χ3n) is 3.94. The van der Waals surface area contributed by atoms with E-state index >= 15 is 0 Å². The molecule has 1 heterocycles. The van der Waals surface area contributed by atoms with Gasteiger partial charge in [0.15, 0.2) is 5.60 Å². The van der Waals surface area contributed by atoms with Gasteiger partial charge < -0.3 is 20.1 Å². The molecule has 126 valence electrons. The molecular weight excluding hydrogens is 303 g/mol. The highest BCUT2D eigenvalue weighted by molar-refractivity contribution is 5.86. The van der Waals surface area contributed by atoms with Gasteiger partial charge in [0.2, 0.25) is 0 Å². The van der Waals surface area contributed by atoms with Crippen molar-refractivity contribution in [3.8, 4) is 0 Å². The topological polar surface area (TPSA) is 78.9 Å². The number of nitrogens with one attached hydrogen (secondary N) is 1. The Kier molecular flexibility index (Phi) is 5.68. The minimum atomic E-state index is -1.59. The monoisotopic (exact) mass is 324 g/mol. The maximum Gasteiger partial charge on any atom is 0.319 e. The van der Waals surface area contributed by atoms with E-state index in [9.17, 15) is 19.1 Å². The molecule has 0 spiro atoms. The van der Waals surface area contributed by atoms with E-state index in [1.54, 1.807) is 18.2 Å². The lowest BCUT2D eigenvalue weighted by Gasteiger charge is -2.38. The Balaban J connectivity index is 1.99. The highest BCUT2D eigenvalue weighted by Crippen LogP contribution is 2.24. The van der Waals surface area contributed by atoms with E-state index in [2.05, 4.69) is 10.1 Å². The predicted molar refractivity (Wildman–Crippen MR) is 80.9 cm³/mol. The summed E-state index contributed by atoms with van der Waals surface area (Å²) in [6.45, 7) is 0.450. The normalized spacial score (nSPS) is 21.3. The summed E-state index contributed by atoms with van der Waals surface area (Å²) in [5.74, 6) is -1.30. The molecule has 1 aromatic rings. The fourth-order valence-electron chi connectivity index (χ4n) is 2.66. The molecule has 1 saturated heterocycles. The second-order valence-corrected chi connectivity index (χ2v) is 5.63. The van der Waals surface area contributed by atoms with Crippen molar-refractivity contribution >= 4 is 11.9 Å². The zero-order valence-electron chi connectivity index (χ0n) is 13.0. The van der Waals surface area contributed by atoms with Gasteiger partial charge >= 0.3 is 5.97 Å². The molecule has 23 heavy (non-hydrogen) atoms. The van der Waals surface area contributed by atoms with Gasteiger partial charge in [-0.05, 0) is 18.9 Å². The van der Waals surface area contributed by atoms with Gasteiger partial charge in [0.25, 0.3) is 5.91 Å².